The van der Waals surface area contributed by atoms with Crippen molar-refractivity contribution in [2.24, 2.45) is 5.73 Å². The maximum Gasteiger partial charge on any atom is 0.118 e. The zero-order chi connectivity index (χ0) is 13.8. The number of aromatic nitrogens is 2. The normalized spacial score (nSPS) is 11.1. The molecule has 0 aliphatic rings. The predicted octanol–water partition coefficient (Wildman–Crippen LogP) is 4.11. The van der Waals surface area contributed by atoms with Gasteiger partial charge in [0.05, 0.1) is 0 Å². The summed E-state index contributed by atoms with van der Waals surface area (Å²) in [6.07, 6.45) is 14.3. The monoisotopic (exact) mass is 283 g/mol. The van der Waals surface area contributed by atoms with E-state index in [0.717, 1.165) is 17.8 Å². The summed E-state index contributed by atoms with van der Waals surface area (Å²) in [7, 11) is 0. The van der Waals surface area contributed by atoms with Gasteiger partial charge in [-0.3, -0.25) is 0 Å². The second-order valence-corrected chi connectivity index (χ2v) is 6.35. The van der Waals surface area contributed by atoms with Crippen LogP contribution in [-0.4, -0.2) is 16.7 Å². The smallest absolute Gasteiger partial charge is 0.118 e. The number of unbranched alkanes of at least 4 members (excludes halogenated alkanes) is 8. The van der Waals surface area contributed by atoms with Crippen molar-refractivity contribution >= 4 is 11.3 Å². The molecule has 0 unspecified atom stereocenters. The van der Waals surface area contributed by atoms with Crippen LogP contribution < -0.4 is 5.73 Å². The van der Waals surface area contributed by atoms with Crippen LogP contribution in [0.15, 0.2) is 0 Å². The Balaban J connectivity index is 1.92. The topological polar surface area (TPSA) is 51.8 Å². The van der Waals surface area contributed by atoms with Crippen LogP contribution >= 0.6 is 11.3 Å². The van der Waals surface area contributed by atoms with Gasteiger partial charge in [-0.1, -0.05) is 58.3 Å². The second kappa shape index (κ2) is 11.4. The first-order chi connectivity index (χ1) is 9.36. The van der Waals surface area contributed by atoms with E-state index in [-0.39, 0.29) is 0 Å². The van der Waals surface area contributed by atoms with E-state index in [4.69, 9.17) is 5.73 Å². The van der Waals surface area contributed by atoms with Crippen molar-refractivity contribution in [2.75, 3.05) is 6.54 Å². The molecule has 0 aliphatic carbocycles. The van der Waals surface area contributed by atoms with Crippen molar-refractivity contribution in [1.82, 2.24) is 10.2 Å². The first-order valence-electron chi connectivity index (χ1n) is 7.88. The predicted molar refractivity (Wildman–Crippen MR) is 83.6 cm³/mol. The molecule has 0 radical (unpaired) electrons. The molecule has 110 valence electrons. The number of nitrogens with zero attached hydrogens (tertiary/aromatic N) is 2. The van der Waals surface area contributed by atoms with E-state index < -0.39 is 0 Å². The number of hydrogen-bond donors (Lipinski definition) is 1. The SMILES string of the molecule is CCCCCCCCCCCc1nnc(CCN)s1. The van der Waals surface area contributed by atoms with Gasteiger partial charge < -0.3 is 5.73 Å². The van der Waals surface area contributed by atoms with Gasteiger partial charge in [-0.2, -0.15) is 0 Å². The molecule has 19 heavy (non-hydrogen) atoms. The fraction of sp³-hybridized carbons (Fsp3) is 0.867. The molecule has 0 amide bonds. The highest BCUT2D eigenvalue weighted by Gasteiger charge is 2.02. The van der Waals surface area contributed by atoms with Crippen LogP contribution in [0.2, 0.25) is 0 Å². The van der Waals surface area contributed by atoms with Crippen molar-refractivity contribution in [2.45, 2.75) is 77.6 Å². The number of rotatable bonds is 12. The van der Waals surface area contributed by atoms with Crippen molar-refractivity contribution in [3.05, 3.63) is 10.0 Å². The summed E-state index contributed by atoms with van der Waals surface area (Å²) in [6, 6.07) is 0. The minimum Gasteiger partial charge on any atom is -0.330 e. The van der Waals surface area contributed by atoms with Crippen molar-refractivity contribution in [3.63, 3.8) is 0 Å². The van der Waals surface area contributed by atoms with Crippen LogP contribution in [0.1, 0.15) is 74.7 Å². The minimum atomic E-state index is 0.673. The number of aryl methyl sites for hydroxylation is 1. The largest absolute Gasteiger partial charge is 0.330 e. The van der Waals surface area contributed by atoms with E-state index in [0.29, 0.717) is 6.54 Å². The summed E-state index contributed by atoms with van der Waals surface area (Å²) < 4.78 is 0. The average Bonchev–Trinajstić information content (AvgIpc) is 2.85. The van der Waals surface area contributed by atoms with E-state index in [1.54, 1.807) is 11.3 Å². The van der Waals surface area contributed by atoms with Crippen LogP contribution in [0, 0.1) is 0 Å². The van der Waals surface area contributed by atoms with E-state index in [2.05, 4.69) is 17.1 Å². The Morgan fingerprint density at radius 3 is 1.89 bits per heavy atom. The van der Waals surface area contributed by atoms with E-state index in [9.17, 15) is 0 Å². The standard InChI is InChI=1S/C15H29N3S/c1-2-3-4-5-6-7-8-9-10-11-14-17-18-15(19-14)12-13-16/h2-13,16H2,1H3. The Morgan fingerprint density at radius 1 is 0.789 bits per heavy atom. The minimum absolute atomic E-state index is 0.673. The summed E-state index contributed by atoms with van der Waals surface area (Å²) in [5.41, 5.74) is 5.51. The van der Waals surface area contributed by atoms with Crippen LogP contribution in [0.25, 0.3) is 0 Å². The van der Waals surface area contributed by atoms with Gasteiger partial charge in [-0.05, 0) is 13.0 Å². The maximum absolute atomic E-state index is 5.51. The molecule has 0 saturated heterocycles. The van der Waals surface area contributed by atoms with Gasteiger partial charge in [-0.15, -0.1) is 21.5 Å². The van der Waals surface area contributed by atoms with Crippen LogP contribution in [-0.2, 0) is 12.8 Å². The highest BCUT2D eigenvalue weighted by Crippen LogP contribution is 2.15. The summed E-state index contributed by atoms with van der Waals surface area (Å²) in [6.45, 7) is 2.94. The summed E-state index contributed by atoms with van der Waals surface area (Å²) in [5.74, 6) is 0. The van der Waals surface area contributed by atoms with Gasteiger partial charge in [0.15, 0.2) is 0 Å². The van der Waals surface area contributed by atoms with Crippen molar-refractivity contribution in [3.8, 4) is 0 Å². The third kappa shape index (κ3) is 8.32. The Hall–Kier alpha value is -0.480. The Labute approximate surface area is 122 Å². The van der Waals surface area contributed by atoms with E-state index >= 15 is 0 Å². The molecule has 1 rings (SSSR count). The van der Waals surface area contributed by atoms with E-state index in [1.165, 1.54) is 62.8 Å². The van der Waals surface area contributed by atoms with Crippen LogP contribution in [0.3, 0.4) is 0 Å². The van der Waals surface area contributed by atoms with Gasteiger partial charge in [0.2, 0.25) is 0 Å². The third-order valence-corrected chi connectivity index (χ3v) is 4.40. The molecule has 1 aromatic heterocycles. The molecule has 0 fully saturated rings. The molecule has 2 N–H and O–H groups in total. The van der Waals surface area contributed by atoms with Gasteiger partial charge in [0.25, 0.3) is 0 Å². The average molecular weight is 283 g/mol. The third-order valence-electron chi connectivity index (χ3n) is 3.36. The number of hydrogen-bond acceptors (Lipinski definition) is 4. The zero-order valence-electron chi connectivity index (χ0n) is 12.4. The molecule has 0 atom stereocenters. The molecule has 3 nitrogen and oxygen atoms in total. The first kappa shape index (κ1) is 16.6. The molecule has 0 aliphatic heterocycles. The molecule has 4 heteroatoms. The van der Waals surface area contributed by atoms with Crippen molar-refractivity contribution in [1.29, 1.82) is 0 Å². The molecule has 1 aromatic rings. The van der Waals surface area contributed by atoms with Gasteiger partial charge in [0, 0.05) is 12.8 Å². The summed E-state index contributed by atoms with van der Waals surface area (Å²) >= 11 is 1.73. The fourth-order valence-corrected chi connectivity index (χ4v) is 3.10. The molecular formula is C15H29N3S. The Morgan fingerprint density at radius 2 is 1.32 bits per heavy atom. The molecule has 1 heterocycles. The first-order valence-corrected chi connectivity index (χ1v) is 8.69. The van der Waals surface area contributed by atoms with Gasteiger partial charge in [0.1, 0.15) is 10.0 Å². The van der Waals surface area contributed by atoms with Gasteiger partial charge >= 0.3 is 0 Å². The van der Waals surface area contributed by atoms with Crippen LogP contribution in [0.5, 0.6) is 0 Å². The lowest BCUT2D eigenvalue weighted by Crippen LogP contribution is -2.01. The molecule has 0 spiro atoms. The molecule has 0 aromatic carbocycles. The fourth-order valence-electron chi connectivity index (χ4n) is 2.20. The molecule has 0 bridgehead atoms. The number of nitrogens with two attached hydrogens (primary N) is 1. The quantitative estimate of drug-likeness (QED) is 0.587. The molecular weight excluding hydrogens is 254 g/mol. The van der Waals surface area contributed by atoms with E-state index in [1.807, 2.05) is 0 Å². The van der Waals surface area contributed by atoms with Crippen molar-refractivity contribution < 1.29 is 0 Å². The Kier molecular flexibility index (Phi) is 9.91. The summed E-state index contributed by atoms with van der Waals surface area (Å²) in [4.78, 5) is 0. The lowest BCUT2D eigenvalue weighted by Gasteiger charge is -2.00. The van der Waals surface area contributed by atoms with Crippen LogP contribution in [0.4, 0.5) is 0 Å². The highest BCUT2D eigenvalue weighted by atomic mass is 32.1. The lowest BCUT2D eigenvalue weighted by molar-refractivity contribution is 0.564. The zero-order valence-corrected chi connectivity index (χ0v) is 13.2. The lowest BCUT2D eigenvalue weighted by atomic mass is 10.1. The highest BCUT2D eigenvalue weighted by molar-refractivity contribution is 7.11. The summed E-state index contributed by atoms with van der Waals surface area (Å²) in [5, 5.41) is 10.6. The maximum atomic E-state index is 5.51. The second-order valence-electron chi connectivity index (χ2n) is 5.21. The molecule has 0 saturated carbocycles. The van der Waals surface area contributed by atoms with Gasteiger partial charge in [-0.25, -0.2) is 0 Å². The Bertz CT molecular complexity index is 312.